The average Bonchev–Trinajstić information content (AvgIpc) is 2.90. The van der Waals surface area contributed by atoms with Gasteiger partial charge in [-0.1, -0.05) is 37.3 Å². The van der Waals surface area contributed by atoms with Gasteiger partial charge in [-0.3, -0.25) is 4.79 Å². The third-order valence-electron chi connectivity index (χ3n) is 2.59. The second-order valence-electron chi connectivity index (χ2n) is 3.78. The highest BCUT2D eigenvalue weighted by Gasteiger charge is 2.17. The molecule has 2 aromatic rings. The largest absolute Gasteiger partial charge is 0.467 e. The molecule has 0 fully saturated rings. The highest BCUT2D eigenvalue weighted by Crippen LogP contribution is 2.22. The molecule has 3 nitrogen and oxygen atoms in total. The monoisotopic (exact) mass is 229 g/mol. The zero-order valence-corrected chi connectivity index (χ0v) is 9.72. The molecule has 1 heterocycles. The molecule has 0 saturated carbocycles. The summed E-state index contributed by atoms with van der Waals surface area (Å²) < 4.78 is 5.38. The van der Waals surface area contributed by atoms with Crippen molar-refractivity contribution in [1.29, 1.82) is 0 Å². The zero-order chi connectivity index (χ0) is 12.1. The highest BCUT2D eigenvalue weighted by molar-refractivity contribution is 5.76. The van der Waals surface area contributed by atoms with Gasteiger partial charge in [0.25, 0.3) is 0 Å². The number of hydrogen-bond acceptors (Lipinski definition) is 2. The van der Waals surface area contributed by atoms with Crippen LogP contribution in [0, 0.1) is 0 Å². The first-order chi connectivity index (χ1) is 8.31. The maximum Gasteiger partial charge on any atom is 0.220 e. The Labute approximate surface area is 100 Å². The third kappa shape index (κ3) is 2.75. The summed E-state index contributed by atoms with van der Waals surface area (Å²) in [5, 5.41) is 2.95. The molecule has 1 amide bonds. The number of furan rings is 1. The van der Waals surface area contributed by atoms with Crippen LogP contribution in [0.1, 0.15) is 30.7 Å². The van der Waals surface area contributed by atoms with Crippen molar-refractivity contribution >= 4 is 5.91 Å². The molecule has 17 heavy (non-hydrogen) atoms. The summed E-state index contributed by atoms with van der Waals surface area (Å²) in [7, 11) is 0. The van der Waals surface area contributed by atoms with Gasteiger partial charge in [-0.25, -0.2) is 0 Å². The van der Waals surface area contributed by atoms with Crippen LogP contribution in [0.4, 0.5) is 0 Å². The fraction of sp³-hybridized carbons (Fsp3) is 0.214. The van der Waals surface area contributed by atoms with Gasteiger partial charge >= 0.3 is 0 Å². The van der Waals surface area contributed by atoms with E-state index in [0.29, 0.717) is 6.42 Å². The zero-order valence-electron chi connectivity index (χ0n) is 9.72. The van der Waals surface area contributed by atoms with E-state index >= 15 is 0 Å². The Hall–Kier alpha value is -2.03. The molecule has 1 unspecified atom stereocenters. The maximum atomic E-state index is 11.5. The predicted molar refractivity (Wildman–Crippen MR) is 65.4 cm³/mol. The predicted octanol–water partition coefficient (Wildman–Crippen LogP) is 2.90. The Morgan fingerprint density at radius 1 is 1.24 bits per heavy atom. The first kappa shape index (κ1) is 11.5. The molecule has 2 rings (SSSR count). The van der Waals surface area contributed by atoms with E-state index in [9.17, 15) is 4.79 Å². The second-order valence-corrected chi connectivity index (χ2v) is 3.78. The molecule has 1 aromatic carbocycles. The lowest BCUT2D eigenvalue weighted by molar-refractivity contribution is -0.121. The van der Waals surface area contributed by atoms with Crippen LogP contribution in [-0.4, -0.2) is 5.91 Å². The van der Waals surface area contributed by atoms with Gasteiger partial charge in [-0.15, -0.1) is 0 Å². The Kier molecular flexibility index (Phi) is 3.60. The van der Waals surface area contributed by atoms with Gasteiger partial charge in [0.15, 0.2) is 0 Å². The number of nitrogens with one attached hydrogen (secondary N) is 1. The lowest BCUT2D eigenvalue weighted by Crippen LogP contribution is -2.28. The molecule has 1 N–H and O–H groups in total. The van der Waals surface area contributed by atoms with Crippen LogP contribution in [0.2, 0.25) is 0 Å². The minimum Gasteiger partial charge on any atom is -0.467 e. The molecule has 0 bridgehead atoms. The van der Waals surface area contributed by atoms with Crippen molar-refractivity contribution < 1.29 is 9.21 Å². The maximum absolute atomic E-state index is 11.5. The molecule has 1 atom stereocenters. The Bertz CT molecular complexity index is 462. The molecule has 1 aromatic heterocycles. The van der Waals surface area contributed by atoms with E-state index in [2.05, 4.69) is 5.32 Å². The topological polar surface area (TPSA) is 42.2 Å². The minimum atomic E-state index is -0.210. The van der Waals surface area contributed by atoms with Gasteiger partial charge in [-0.2, -0.15) is 0 Å². The van der Waals surface area contributed by atoms with E-state index < -0.39 is 0 Å². The molecule has 88 valence electrons. The van der Waals surface area contributed by atoms with Crippen molar-refractivity contribution in [3.63, 3.8) is 0 Å². The minimum absolute atomic E-state index is 0.00949. The summed E-state index contributed by atoms with van der Waals surface area (Å²) in [5.74, 6) is 0.758. The smallest absolute Gasteiger partial charge is 0.220 e. The molecule has 0 aliphatic heterocycles. The van der Waals surface area contributed by atoms with Crippen molar-refractivity contribution in [3.05, 3.63) is 60.1 Å². The Morgan fingerprint density at radius 2 is 2.00 bits per heavy atom. The number of carbonyl (C=O) groups excluding carboxylic acids is 1. The molecule has 0 aliphatic rings. The first-order valence-electron chi connectivity index (χ1n) is 5.69. The highest BCUT2D eigenvalue weighted by atomic mass is 16.3. The van der Waals surface area contributed by atoms with E-state index in [4.69, 9.17) is 4.42 Å². The standard InChI is InChI=1S/C14H15NO2/c1-2-13(16)15-14(12-9-6-10-17-12)11-7-4-3-5-8-11/h3-10,14H,2H2,1H3,(H,15,16). The quantitative estimate of drug-likeness (QED) is 0.875. The van der Waals surface area contributed by atoms with Gasteiger partial charge in [0.2, 0.25) is 5.91 Å². The number of benzene rings is 1. The van der Waals surface area contributed by atoms with Crippen LogP contribution in [0.15, 0.2) is 53.1 Å². The van der Waals surface area contributed by atoms with Crippen LogP contribution in [0.5, 0.6) is 0 Å². The summed E-state index contributed by atoms with van der Waals surface area (Å²) in [5.41, 5.74) is 1.02. The van der Waals surface area contributed by atoms with Crippen molar-refractivity contribution in [3.8, 4) is 0 Å². The number of rotatable bonds is 4. The van der Waals surface area contributed by atoms with E-state index in [-0.39, 0.29) is 11.9 Å². The normalized spacial score (nSPS) is 12.1. The average molecular weight is 229 g/mol. The molecule has 3 heteroatoms. The summed E-state index contributed by atoms with van der Waals surface area (Å²) in [6.45, 7) is 1.83. The van der Waals surface area contributed by atoms with E-state index in [1.165, 1.54) is 0 Å². The van der Waals surface area contributed by atoms with Crippen molar-refractivity contribution in [1.82, 2.24) is 5.32 Å². The van der Waals surface area contributed by atoms with Gasteiger partial charge < -0.3 is 9.73 Å². The van der Waals surface area contributed by atoms with Crippen molar-refractivity contribution in [2.24, 2.45) is 0 Å². The van der Waals surface area contributed by atoms with Crippen LogP contribution in [-0.2, 0) is 4.79 Å². The molecular weight excluding hydrogens is 214 g/mol. The fourth-order valence-corrected chi connectivity index (χ4v) is 1.68. The summed E-state index contributed by atoms with van der Waals surface area (Å²) >= 11 is 0. The van der Waals surface area contributed by atoms with Crippen LogP contribution < -0.4 is 5.32 Å². The van der Waals surface area contributed by atoms with E-state index in [0.717, 1.165) is 11.3 Å². The van der Waals surface area contributed by atoms with Crippen LogP contribution >= 0.6 is 0 Å². The van der Waals surface area contributed by atoms with Crippen molar-refractivity contribution in [2.75, 3.05) is 0 Å². The summed E-state index contributed by atoms with van der Waals surface area (Å²) in [6, 6.07) is 13.3. The van der Waals surface area contributed by atoms with E-state index in [1.807, 2.05) is 49.4 Å². The van der Waals surface area contributed by atoms with Crippen LogP contribution in [0.3, 0.4) is 0 Å². The van der Waals surface area contributed by atoms with Crippen molar-refractivity contribution in [2.45, 2.75) is 19.4 Å². The SMILES string of the molecule is CCC(=O)NC(c1ccccc1)c1ccco1. The lowest BCUT2D eigenvalue weighted by atomic mass is 10.0. The molecular formula is C14H15NO2. The van der Waals surface area contributed by atoms with E-state index in [1.54, 1.807) is 6.26 Å². The number of hydrogen-bond donors (Lipinski definition) is 1. The van der Waals surface area contributed by atoms with Gasteiger partial charge in [0, 0.05) is 6.42 Å². The molecule has 0 saturated heterocycles. The van der Waals surface area contributed by atoms with Crippen LogP contribution in [0.25, 0.3) is 0 Å². The number of carbonyl (C=O) groups is 1. The summed E-state index contributed by atoms with van der Waals surface area (Å²) in [6.07, 6.45) is 2.08. The van der Waals surface area contributed by atoms with Gasteiger partial charge in [0.05, 0.1) is 6.26 Å². The Morgan fingerprint density at radius 3 is 2.59 bits per heavy atom. The van der Waals surface area contributed by atoms with Gasteiger partial charge in [0.1, 0.15) is 11.8 Å². The summed E-state index contributed by atoms with van der Waals surface area (Å²) in [4.78, 5) is 11.5. The fourth-order valence-electron chi connectivity index (χ4n) is 1.68. The lowest BCUT2D eigenvalue weighted by Gasteiger charge is -2.16. The number of amides is 1. The Balaban J connectivity index is 2.28. The van der Waals surface area contributed by atoms with Gasteiger partial charge in [-0.05, 0) is 17.7 Å². The first-order valence-corrected chi connectivity index (χ1v) is 5.69. The molecule has 0 spiro atoms. The second kappa shape index (κ2) is 5.34. The molecule has 0 radical (unpaired) electrons. The molecule has 0 aliphatic carbocycles. The third-order valence-corrected chi connectivity index (χ3v) is 2.59.